The first kappa shape index (κ1) is 16.8. The number of ketones is 1. The zero-order valence-electron chi connectivity index (χ0n) is 13.9. The maximum Gasteiger partial charge on any atom is 0.410 e. The van der Waals surface area contributed by atoms with Crippen molar-refractivity contribution in [2.45, 2.75) is 52.2 Å². The second kappa shape index (κ2) is 5.89. The first-order valence-electron chi connectivity index (χ1n) is 7.77. The molecule has 1 heterocycles. The fraction of sp³-hybridized carbons (Fsp3) is 0.812. The standard InChI is InChI=1S/C16H25NO5/c1-9-8-17(15(20)22-16(2,3)4)12-10(9)6-7-11(13(12)18)14(19)21-5/h9-12H,6-8H2,1-5H3/t9-,10-,11+,12+/m1/s1. The molecule has 0 N–H and O–H groups in total. The first-order chi connectivity index (χ1) is 10.2. The Bertz CT molecular complexity index is 481. The van der Waals surface area contributed by atoms with E-state index < -0.39 is 29.6 Å². The molecular weight excluding hydrogens is 286 g/mol. The van der Waals surface area contributed by atoms with Gasteiger partial charge in [0.25, 0.3) is 0 Å². The number of hydrogen-bond acceptors (Lipinski definition) is 5. The molecule has 1 saturated carbocycles. The van der Waals surface area contributed by atoms with Crippen molar-refractivity contribution in [2.24, 2.45) is 17.8 Å². The molecule has 6 heteroatoms. The number of esters is 1. The minimum absolute atomic E-state index is 0.0981. The van der Waals surface area contributed by atoms with E-state index in [4.69, 9.17) is 9.47 Å². The van der Waals surface area contributed by atoms with Crippen LogP contribution >= 0.6 is 0 Å². The van der Waals surface area contributed by atoms with Gasteiger partial charge in [-0.25, -0.2) is 4.79 Å². The van der Waals surface area contributed by atoms with E-state index in [-0.39, 0.29) is 17.6 Å². The Kier molecular flexibility index (Phi) is 4.49. The topological polar surface area (TPSA) is 72.9 Å². The molecule has 0 radical (unpaired) electrons. The molecule has 0 aromatic rings. The van der Waals surface area contributed by atoms with Crippen molar-refractivity contribution in [1.82, 2.24) is 4.90 Å². The molecule has 0 unspecified atom stereocenters. The Morgan fingerprint density at radius 2 is 1.86 bits per heavy atom. The van der Waals surface area contributed by atoms with Crippen molar-refractivity contribution in [2.75, 3.05) is 13.7 Å². The molecule has 1 saturated heterocycles. The lowest BCUT2D eigenvalue weighted by Crippen LogP contribution is -2.51. The third-order valence-corrected chi connectivity index (χ3v) is 4.49. The summed E-state index contributed by atoms with van der Waals surface area (Å²) in [7, 11) is 1.28. The monoisotopic (exact) mass is 311 g/mol. The Labute approximate surface area is 131 Å². The van der Waals surface area contributed by atoms with Crippen molar-refractivity contribution in [3.63, 3.8) is 0 Å². The fourth-order valence-electron chi connectivity index (χ4n) is 3.50. The van der Waals surface area contributed by atoms with E-state index in [1.54, 1.807) is 20.8 Å². The van der Waals surface area contributed by atoms with Crippen LogP contribution in [0, 0.1) is 17.8 Å². The Hall–Kier alpha value is -1.59. The van der Waals surface area contributed by atoms with Gasteiger partial charge in [0.1, 0.15) is 11.5 Å². The number of carbonyl (C=O) groups excluding carboxylic acids is 3. The van der Waals surface area contributed by atoms with Crippen LogP contribution in [0.5, 0.6) is 0 Å². The predicted molar refractivity (Wildman–Crippen MR) is 79.1 cm³/mol. The van der Waals surface area contributed by atoms with Crippen molar-refractivity contribution < 1.29 is 23.9 Å². The number of carbonyl (C=O) groups is 3. The summed E-state index contributed by atoms with van der Waals surface area (Å²) in [5.41, 5.74) is -0.613. The van der Waals surface area contributed by atoms with Gasteiger partial charge < -0.3 is 9.47 Å². The smallest absolute Gasteiger partial charge is 0.410 e. The van der Waals surface area contributed by atoms with Crippen LogP contribution in [0.3, 0.4) is 0 Å². The van der Waals surface area contributed by atoms with Crippen LogP contribution in [0.2, 0.25) is 0 Å². The fourth-order valence-corrected chi connectivity index (χ4v) is 3.50. The molecule has 2 fully saturated rings. The van der Waals surface area contributed by atoms with Gasteiger partial charge in [-0.2, -0.15) is 0 Å². The maximum absolute atomic E-state index is 12.7. The molecule has 2 aliphatic rings. The van der Waals surface area contributed by atoms with Gasteiger partial charge in [0.2, 0.25) is 0 Å². The normalized spacial score (nSPS) is 31.7. The molecule has 2 rings (SSSR count). The Balaban J connectivity index is 2.21. The van der Waals surface area contributed by atoms with Crippen molar-refractivity contribution >= 4 is 17.8 Å². The summed E-state index contributed by atoms with van der Waals surface area (Å²) in [5.74, 6) is -1.16. The van der Waals surface area contributed by atoms with Gasteiger partial charge in [0.15, 0.2) is 5.78 Å². The SMILES string of the molecule is COC(=O)[C@H]1CC[C@@H]2[C@H](C)CN(C(=O)OC(C)(C)C)[C@@H]2C1=O. The van der Waals surface area contributed by atoms with Gasteiger partial charge in [-0.1, -0.05) is 6.92 Å². The molecular formula is C16H25NO5. The highest BCUT2D eigenvalue weighted by molar-refractivity contribution is 6.03. The highest BCUT2D eigenvalue weighted by atomic mass is 16.6. The lowest BCUT2D eigenvalue weighted by molar-refractivity contribution is -0.153. The van der Waals surface area contributed by atoms with Gasteiger partial charge in [-0.3, -0.25) is 14.5 Å². The number of fused-ring (bicyclic) bond motifs is 1. The van der Waals surface area contributed by atoms with Gasteiger partial charge in [-0.05, 0) is 45.4 Å². The van der Waals surface area contributed by atoms with Crippen molar-refractivity contribution in [3.8, 4) is 0 Å². The molecule has 0 spiro atoms. The van der Waals surface area contributed by atoms with Crippen molar-refractivity contribution in [3.05, 3.63) is 0 Å². The van der Waals surface area contributed by atoms with Gasteiger partial charge in [-0.15, -0.1) is 0 Å². The van der Waals surface area contributed by atoms with E-state index in [2.05, 4.69) is 0 Å². The quantitative estimate of drug-likeness (QED) is 0.547. The lowest BCUT2D eigenvalue weighted by Gasteiger charge is -2.34. The highest BCUT2D eigenvalue weighted by Crippen LogP contribution is 2.41. The van der Waals surface area contributed by atoms with Crippen molar-refractivity contribution in [1.29, 1.82) is 0 Å². The third-order valence-electron chi connectivity index (χ3n) is 4.49. The number of ether oxygens (including phenoxy) is 2. The van der Waals surface area contributed by atoms with E-state index in [0.29, 0.717) is 13.0 Å². The summed E-state index contributed by atoms with van der Waals surface area (Å²) in [6, 6.07) is -0.567. The average Bonchev–Trinajstić information content (AvgIpc) is 2.75. The molecule has 22 heavy (non-hydrogen) atoms. The molecule has 6 nitrogen and oxygen atoms in total. The molecule has 0 bridgehead atoms. The minimum Gasteiger partial charge on any atom is -0.468 e. The zero-order chi connectivity index (χ0) is 16.7. The molecule has 1 aliphatic carbocycles. The number of nitrogens with zero attached hydrogens (tertiary/aromatic N) is 1. The molecule has 4 atom stereocenters. The molecule has 0 aromatic heterocycles. The zero-order valence-corrected chi connectivity index (χ0v) is 13.9. The van der Waals surface area contributed by atoms with Gasteiger partial charge >= 0.3 is 12.1 Å². The number of rotatable bonds is 1. The number of likely N-dealkylation sites (tertiary alicyclic amines) is 1. The third kappa shape index (κ3) is 3.10. The van der Waals surface area contributed by atoms with E-state index >= 15 is 0 Å². The first-order valence-corrected chi connectivity index (χ1v) is 7.77. The van der Waals surface area contributed by atoms with E-state index in [9.17, 15) is 14.4 Å². The number of methoxy groups -OCH3 is 1. The van der Waals surface area contributed by atoms with Crippen LogP contribution in [0.25, 0.3) is 0 Å². The molecule has 1 aliphatic heterocycles. The van der Waals surface area contributed by atoms with E-state index in [1.165, 1.54) is 12.0 Å². The lowest BCUT2D eigenvalue weighted by atomic mass is 9.74. The molecule has 124 valence electrons. The van der Waals surface area contributed by atoms with Crippen LogP contribution < -0.4 is 0 Å². The van der Waals surface area contributed by atoms with Crippen LogP contribution in [0.1, 0.15) is 40.5 Å². The number of hydrogen-bond donors (Lipinski definition) is 0. The van der Waals surface area contributed by atoms with E-state index in [0.717, 1.165) is 6.42 Å². The number of amides is 1. The van der Waals surface area contributed by atoms with Crippen LogP contribution in [-0.2, 0) is 19.1 Å². The second-order valence-corrected chi connectivity index (χ2v) is 7.27. The van der Waals surface area contributed by atoms with E-state index in [1.807, 2.05) is 6.92 Å². The number of Topliss-reactive ketones (excluding diaryl/α,β-unsaturated/α-hetero) is 1. The summed E-state index contributed by atoms with van der Waals surface area (Å²) in [6.07, 6.45) is 0.765. The Morgan fingerprint density at radius 1 is 1.23 bits per heavy atom. The summed E-state index contributed by atoms with van der Waals surface area (Å²) < 4.78 is 10.1. The minimum atomic E-state index is -0.763. The maximum atomic E-state index is 12.7. The summed E-state index contributed by atoms with van der Waals surface area (Å²) in [6.45, 7) is 7.91. The Morgan fingerprint density at radius 3 is 2.41 bits per heavy atom. The second-order valence-electron chi connectivity index (χ2n) is 7.27. The van der Waals surface area contributed by atoms with Crippen LogP contribution in [0.15, 0.2) is 0 Å². The molecule has 0 aromatic carbocycles. The van der Waals surface area contributed by atoms with Gasteiger partial charge in [0.05, 0.1) is 13.2 Å². The largest absolute Gasteiger partial charge is 0.468 e. The summed E-state index contributed by atoms with van der Waals surface area (Å²) >= 11 is 0. The molecule has 1 amide bonds. The highest BCUT2D eigenvalue weighted by Gasteiger charge is 2.52. The van der Waals surface area contributed by atoms with Gasteiger partial charge in [0, 0.05) is 6.54 Å². The van der Waals surface area contributed by atoms with Crippen LogP contribution in [-0.4, -0.2) is 48.0 Å². The van der Waals surface area contributed by atoms with Crippen LogP contribution in [0.4, 0.5) is 4.79 Å². The predicted octanol–water partition coefficient (Wildman–Crippen LogP) is 2.01. The average molecular weight is 311 g/mol. The summed E-state index contributed by atoms with van der Waals surface area (Å²) in [4.78, 5) is 38.3. The summed E-state index contributed by atoms with van der Waals surface area (Å²) in [5, 5.41) is 0.